The van der Waals surface area contributed by atoms with Gasteiger partial charge in [-0.15, -0.1) is 0 Å². The summed E-state index contributed by atoms with van der Waals surface area (Å²) in [5.74, 6) is -0.540. The van der Waals surface area contributed by atoms with Gasteiger partial charge in [0.05, 0.1) is 35.7 Å². The van der Waals surface area contributed by atoms with E-state index >= 15 is 0 Å². The monoisotopic (exact) mass is 403 g/mol. The van der Waals surface area contributed by atoms with Crippen molar-refractivity contribution >= 4 is 23.5 Å². The molecule has 0 aliphatic carbocycles. The van der Waals surface area contributed by atoms with Crippen molar-refractivity contribution in [1.29, 1.82) is 0 Å². The molecule has 1 atom stereocenters. The second kappa shape index (κ2) is 9.24. The number of hydrogen-bond donors (Lipinski definition) is 0. The number of hydrogen-bond acceptors (Lipinski definition) is 4. The molecule has 1 amide bonds. The van der Waals surface area contributed by atoms with Crippen LogP contribution in [0.5, 0.6) is 0 Å². The van der Waals surface area contributed by atoms with Crippen molar-refractivity contribution in [2.75, 3.05) is 19.7 Å². The van der Waals surface area contributed by atoms with Gasteiger partial charge in [-0.25, -0.2) is 4.68 Å². The van der Waals surface area contributed by atoms with Crippen LogP contribution in [0.1, 0.15) is 49.2 Å². The van der Waals surface area contributed by atoms with Crippen molar-refractivity contribution in [1.82, 2.24) is 14.7 Å². The van der Waals surface area contributed by atoms with Crippen molar-refractivity contribution in [2.24, 2.45) is 5.92 Å². The molecule has 6 nitrogen and oxygen atoms in total. The van der Waals surface area contributed by atoms with Gasteiger partial charge in [-0.3, -0.25) is 9.59 Å². The second-order valence-electron chi connectivity index (χ2n) is 6.99. The molecule has 2 heterocycles. The second-order valence-corrected chi connectivity index (χ2v) is 7.42. The fraction of sp³-hybridized carbons (Fsp3) is 0.476. The predicted molar refractivity (Wildman–Crippen MR) is 108 cm³/mol. The maximum atomic E-state index is 13.2. The van der Waals surface area contributed by atoms with E-state index in [1.165, 1.54) is 0 Å². The maximum Gasteiger partial charge on any atom is 0.310 e. The average molecular weight is 404 g/mol. The number of ether oxygens (including phenoxy) is 1. The van der Waals surface area contributed by atoms with Crippen LogP contribution in [0, 0.1) is 5.92 Å². The van der Waals surface area contributed by atoms with Crippen molar-refractivity contribution in [3.63, 3.8) is 0 Å². The van der Waals surface area contributed by atoms with E-state index in [1.807, 2.05) is 24.3 Å². The van der Waals surface area contributed by atoms with Crippen LogP contribution in [0.15, 0.2) is 30.5 Å². The minimum absolute atomic E-state index is 0.0716. The van der Waals surface area contributed by atoms with Crippen LogP contribution in [-0.2, 0) is 16.0 Å². The summed E-state index contributed by atoms with van der Waals surface area (Å²) in [6, 6.07) is 7.40. The van der Waals surface area contributed by atoms with Crippen LogP contribution in [0.2, 0.25) is 5.02 Å². The van der Waals surface area contributed by atoms with Crippen molar-refractivity contribution in [2.45, 2.75) is 39.5 Å². The number of aromatic nitrogens is 2. The largest absolute Gasteiger partial charge is 0.466 e. The number of carbonyl (C=O) groups is 2. The lowest BCUT2D eigenvalue weighted by Gasteiger charge is -2.31. The SMILES string of the molecule is CCCc1c(C(=O)N2CCCC(C(=O)OCC)C2)cnn1-c1ccc(Cl)cc1. The van der Waals surface area contributed by atoms with Crippen LogP contribution < -0.4 is 0 Å². The summed E-state index contributed by atoms with van der Waals surface area (Å²) in [5.41, 5.74) is 2.35. The third kappa shape index (κ3) is 4.38. The van der Waals surface area contributed by atoms with Crippen molar-refractivity contribution < 1.29 is 14.3 Å². The highest BCUT2D eigenvalue weighted by atomic mass is 35.5. The van der Waals surface area contributed by atoms with E-state index in [0.29, 0.717) is 30.3 Å². The number of rotatable bonds is 6. The molecule has 150 valence electrons. The number of carbonyl (C=O) groups excluding carboxylic acids is 2. The van der Waals surface area contributed by atoms with Crippen LogP contribution in [0.4, 0.5) is 0 Å². The number of esters is 1. The summed E-state index contributed by atoms with van der Waals surface area (Å²) >= 11 is 5.99. The fourth-order valence-electron chi connectivity index (χ4n) is 3.62. The van der Waals surface area contributed by atoms with E-state index < -0.39 is 0 Å². The first-order valence-corrected chi connectivity index (χ1v) is 10.2. The zero-order valence-corrected chi connectivity index (χ0v) is 17.1. The molecule has 0 saturated carbocycles. The molecule has 2 aromatic rings. The van der Waals surface area contributed by atoms with E-state index in [2.05, 4.69) is 12.0 Å². The minimum Gasteiger partial charge on any atom is -0.466 e. The van der Waals surface area contributed by atoms with Gasteiger partial charge in [0.25, 0.3) is 5.91 Å². The molecule has 7 heteroatoms. The molecule has 1 unspecified atom stereocenters. The molecule has 0 N–H and O–H groups in total. The topological polar surface area (TPSA) is 64.4 Å². The van der Waals surface area contributed by atoms with Crippen LogP contribution in [-0.4, -0.2) is 46.3 Å². The van der Waals surface area contributed by atoms with Gasteiger partial charge in [0, 0.05) is 18.1 Å². The third-order valence-electron chi connectivity index (χ3n) is 4.99. The Morgan fingerprint density at radius 1 is 1.25 bits per heavy atom. The fourth-order valence-corrected chi connectivity index (χ4v) is 3.75. The van der Waals surface area contributed by atoms with Gasteiger partial charge in [-0.1, -0.05) is 24.9 Å². The summed E-state index contributed by atoms with van der Waals surface area (Å²) in [6.07, 6.45) is 4.82. The number of halogens is 1. The Bertz CT molecular complexity index is 832. The quantitative estimate of drug-likeness (QED) is 0.686. The summed E-state index contributed by atoms with van der Waals surface area (Å²) in [5, 5.41) is 5.12. The lowest BCUT2D eigenvalue weighted by molar-refractivity contribution is -0.149. The van der Waals surface area contributed by atoms with Gasteiger partial charge in [0.1, 0.15) is 0 Å². The van der Waals surface area contributed by atoms with Crippen LogP contribution >= 0.6 is 11.6 Å². The van der Waals surface area contributed by atoms with Gasteiger partial charge in [0.15, 0.2) is 0 Å². The lowest BCUT2D eigenvalue weighted by atomic mass is 9.97. The molecule has 1 aromatic heterocycles. The Morgan fingerprint density at radius 2 is 2.00 bits per heavy atom. The van der Waals surface area contributed by atoms with Gasteiger partial charge in [0.2, 0.25) is 0 Å². The Morgan fingerprint density at radius 3 is 2.68 bits per heavy atom. The molecular formula is C21H26ClN3O3. The number of piperidine rings is 1. The number of benzene rings is 1. The zero-order valence-electron chi connectivity index (χ0n) is 16.4. The summed E-state index contributed by atoms with van der Waals surface area (Å²) in [7, 11) is 0. The first kappa shape index (κ1) is 20.4. The molecule has 1 aliphatic rings. The Hall–Kier alpha value is -2.34. The van der Waals surface area contributed by atoms with Gasteiger partial charge < -0.3 is 9.64 Å². The van der Waals surface area contributed by atoms with E-state index in [-0.39, 0.29) is 17.8 Å². The first-order valence-electron chi connectivity index (χ1n) is 9.83. The Labute approximate surface area is 170 Å². The van der Waals surface area contributed by atoms with E-state index in [1.54, 1.807) is 22.7 Å². The van der Waals surface area contributed by atoms with Crippen LogP contribution in [0.3, 0.4) is 0 Å². The van der Waals surface area contributed by atoms with E-state index in [0.717, 1.165) is 37.1 Å². The number of nitrogens with zero attached hydrogens (tertiary/aromatic N) is 3. The standard InChI is InChI=1S/C21H26ClN3O3/c1-3-6-19-18(13-23-25(19)17-10-8-16(22)9-11-17)20(26)24-12-5-7-15(14-24)21(27)28-4-2/h8-11,13,15H,3-7,12,14H2,1-2H3. The summed E-state index contributed by atoms with van der Waals surface area (Å²) < 4.78 is 6.95. The lowest BCUT2D eigenvalue weighted by Crippen LogP contribution is -2.43. The normalized spacial score (nSPS) is 16.8. The first-order chi connectivity index (χ1) is 13.5. The molecule has 1 aliphatic heterocycles. The Balaban J connectivity index is 1.85. The molecule has 28 heavy (non-hydrogen) atoms. The predicted octanol–water partition coefficient (Wildman–Crippen LogP) is 3.89. The highest BCUT2D eigenvalue weighted by Crippen LogP contribution is 2.24. The molecule has 3 rings (SSSR count). The van der Waals surface area contributed by atoms with Gasteiger partial charge in [-0.05, 0) is 50.5 Å². The highest BCUT2D eigenvalue weighted by Gasteiger charge is 2.31. The molecule has 0 bridgehead atoms. The van der Waals surface area contributed by atoms with Gasteiger partial charge in [-0.2, -0.15) is 5.10 Å². The molecule has 1 fully saturated rings. The van der Waals surface area contributed by atoms with Crippen molar-refractivity contribution in [3.05, 3.63) is 46.7 Å². The number of amides is 1. The summed E-state index contributed by atoms with van der Waals surface area (Å²) in [4.78, 5) is 27.1. The molecule has 0 radical (unpaired) electrons. The van der Waals surface area contributed by atoms with E-state index in [9.17, 15) is 9.59 Å². The number of likely N-dealkylation sites (tertiary alicyclic amines) is 1. The molecule has 0 spiro atoms. The maximum absolute atomic E-state index is 13.2. The van der Waals surface area contributed by atoms with Crippen LogP contribution in [0.25, 0.3) is 5.69 Å². The average Bonchev–Trinajstić information content (AvgIpc) is 3.12. The molecule has 1 aromatic carbocycles. The zero-order chi connectivity index (χ0) is 20.1. The van der Waals surface area contributed by atoms with Gasteiger partial charge >= 0.3 is 5.97 Å². The smallest absolute Gasteiger partial charge is 0.310 e. The minimum atomic E-state index is -0.251. The Kier molecular flexibility index (Phi) is 6.73. The van der Waals surface area contributed by atoms with Crippen molar-refractivity contribution in [3.8, 4) is 5.69 Å². The summed E-state index contributed by atoms with van der Waals surface area (Å²) in [6.45, 7) is 5.27. The van der Waals surface area contributed by atoms with E-state index in [4.69, 9.17) is 16.3 Å². The molecule has 1 saturated heterocycles. The third-order valence-corrected chi connectivity index (χ3v) is 5.24. The highest BCUT2D eigenvalue weighted by molar-refractivity contribution is 6.30. The molecular weight excluding hydrogens is 378 g/mol.